The van der Waals surface area contributed by atoms with Gasteiger partial charge in [-0.05, 0) is 31.0 Å². The minimum absolute atomic E-state index is 0.0957. The molecular formula is C11H14ClNO2S. The van der Waals surface area contributed by atoms with E-state index < -0.39 is 10.8 Å². The molecule has 16 heavy (non-hydrogen) atoms. The van der Waals surface area contributed by atoms with E-state index in [9.17, 15) is 4.21 Å². The molecular weight excluding hydrogens is 246 g/mol. The molecule has 0 spiro atoms. The quantitative estimate of drug-likeness (QED) is 0.847. The predicted octanol–water partition coefficient (Wildman–Crippen LogP) is 2.21. The fourth-order valence-electron chi connectivity index (χ4n) is 1.73. The van der Waals surface area contributed by atoms with E-state index >= 15 is 0 Å². The molecule has 1 saturated heterocycles. The van der Waals surface area contributed by atoms with E-state index in [1.807, 2.05) is 0 Å². The van der Waals surface area contributed by atoms with Crippen LogP contribution in [0.15, 0.2) is 23.1 Å². The van der Waals surface area contributed by atoms with Gasteiger partial charge in [-0.25, -0.2) is 0 Å². The van der Waals surface area contributed by atoms with Crippen LogP contribution in [0.1, 0.15) is 12.8 Å². The summed E-state index contributed by atoms with van der Waals surface area (Å²) < 4.78 is 17.5. The van der Waals surface area contributed by atoms with Gasteiger partial charge in [0.25, 0.3) is 0 Å². The van der Waals surface area contributed by atoms with Gasteiger partial charge in [0.15, 0.2) is 0 Å². The zero-order valence-electron chi connectivity index (χ0n) is 8.82. The Hall–Kier alpha value is -0.580. The lowest BCUT2D eigenvalue weighted by Gasteiger charge is -2.10. The van der Waals surface area contributed by atoms with Gasteiger partial charge in [0.1, 0.15) is 0 Å². The van der Waals surface area contributed by atoms with Crippen LogP contribution in [0.5, 0.6) is 0 Å². The first-order valence-corrected chi connectivity index (χ1v) is 6.91. The van der Waals surface area contributed by atoms with Gasteiger partial charge >= 0.3 is 0 Å². The third kappa shape index (κ3) is 2.75. The van der Waals surface area contributed by atoms with Crippen LogP contribution in [0.2, 0.25) is 5.02 Å². The smallest absolute Gasteiger partial charge is 0.0694 e. The summed E-state index contributed by atoms with van der Waals surface area (Å²) in [6, 6.07) is 5.06. The summed E-state index contributed by atoms with van der Waals surface area (Å²) in [6.45, 7) is 0.770. The minimum Gasteiger partial charge on any atom is -0.399 e. The second kappa shape index (κ2) is 5.17. The van der Waals surface area contributed by atoms with Crippen LogP contribution in [-0.2, 0) is 15.5 Å². The van der Waals surface area contributed by atoms with Crippen molar-refractivity contribution in [1.82, 2.24) is 0 Å². The number of halogens is 1. The molecule has 0 saturated carbocycles. The van der Waals surface area contributed by atoms with Crippen molar-refractivity contribution in [3.63, 3.8) is 0 Å². The number of nitrogens with two attached hydrogens (primary N) is 1. The Balaban J connectivity index is 2.10. The standard InChI is InChI=1S/C11H14ClNO2S/c12-10-4-3-8(13)6-11(10)16(14)7-9-2-1-5-15-9/h3-4,6,9H,1-2,5,7,13H2. The molecule has 5 heteroatoms. The van der Waals surface area contributed by atoms with Crippen molar-refractivity contribution in [2.45, 2.75) is 23.8 Å². The zero-order valence-corrected chi connectivity index (χ0v) is 10.4. The third-order valence-electron chi connectivity index (χ3n) is 2.56. The molecule has 1 aliphatic rings. The largest absolute Gasteiger partial charge is 0.399 e. The monoisotopic (exact) mass is 259 g/mol. The first-order chi connectivity index (χ1) is 7.66. The molecule has 1 aromatic carbocycles. The molecule has 0 aromatic heterocycles. The Labute approximate surface area is 102 Å². The molecule has 2 atom stereocenters. The third-order valence-corrected chi connectivity index (χ3v) is 4.51. The van der Waals surface area contributed by atoms with Gasteiger partial charge < -0.3 is 10.5 Å². The van der Waals surface area contributed by atoms with Gasteiger partial charge in [-0.3, -0.25) is 4.21 Å². The molecule has 1 heterocycles. The van der Waals surface area contributed by atoms with E-state index in [4.69, 9.17) is 22.1 Å². The molecule has 2 unspecified atom stereocenters. The summed E-state index contributed by atoms with van der Waals surface area (Å²) in [7, 11) is -1.13. The molecule has 2 rings (SSSR count). The van der Waals surface area contributed by atoms with E-state index in [0.717, 1.165) is 19.4 Å². The highest BCUT2D eigenvalue weighted by atomic mass is 35.5. The van der Waals surface area contributed by atoms with Gasteiger partial charge in [0.05, 0.1) is 32.6 Å². The summed E-state index contributed by atoms with van der Waals surface area (Å²) in [6.07, 6.45) is 2.12. The van der Waals surface area contributed by atoms with Crippen molar-refractivity contribution in [1.29, 1.82) is 0 Å². The van der Waals surface area contributed by atoms with Crippen LogP contribution in [0.3, 0.4) is 0 Å². The Morgan fingerprint density at radius 2 is 2.38 bits per heavy atom. The lowest BCUT2D eigenvalue weighted by atomic mass is 10.3. The number of benzene rings is 1. The summed E-state index contributed by atoms with van der Waals surface area (Å²) in [4.78, 5) is 0.608. The van der Waals surface area contributed by atoms with E-state index in [1.54, 1.807) is 18.2 Å². The molecule has 1 fully saturated rings. The molecule has 0 bridgehead atoms. The predicted molar refractivity (Wildman–Crippen MR) is 66.1 cm³/mol. The Morgan fingerprint density at radius 3 is 3.06 bits per heavy atom. The number of nitrogen functional groups attached to an aromatic ring is 1. The number of ether oxygens (including phenoxy) is 1. The molecule has 3 nitrogen and oxygen atoms in total. The van der Waals surface area contributed by atoms with Crippen LogP contribution in [0, 0.1) is 0 Å². The summed E-state index contributed by atoms with van der Waals surface area (Å²) in [5.74, 6) is 0.503. The molecule has 0 amide bonds. The van der Waals surface area contributed by atoms with Crippen molar-refractivity contribution in [3.8, 4) is 0 Å². The van der Waals surface area contributed by atoms with E-state index in [2.05, 4.69) is 0 Å². The van der Waals surface area contributed by atoms with Crippen molar-refractivity contribution < 1.29 is 8.95 Å². The average Bonchev–Trinajstić information content (AvgIpc) is 2.74. The maximum absolute atomic E-state index is 12.1. The normalized spacial score (nSPS) is 22.2. The topological polar surface area (TPSA) is 52.3 Å². The van der Waals surface area contributed by atoms with Crippen molar-refractivity contribution in [2.75, 3.05) is 18.1 Å². The van der Waals surface area contributed by atoms with Gasteiger partial charge in [-0.1, -0.05) is 11.6 Å². The molecule has 1 aliphatic heterocycles. The first-order valence-electron chi connectivity index (χ1n) is 5.22. The molecule has 2 N–H and O–H groups in total. The van der Waals surface area contributed by atoms with Crippen molar-refractivity contribution >= 4 is 28.1 Å². The Bertz CT molecular complexity index is 405. The number of hydrogen-bond acceptors (Lipinski definition) is 3. The van der Waals surface area contributed by atoms with Crippen LogP contribution in [0.4, 0.5) is 5.69 Å². The maximum Gasteiger partial charge on any atom is 0.0694 e. The van der Waals surface area contributed by atoms with Crippen LogP contribution in [0.25, 0.3) is 0 Å². The average molecular weight is 260 g/mol. The lowest BCUT2D eigenvalue weighted by molar-refractivity contribution is 0.128. The SMILES string of the molecule is Nc1ccc(Cl)c(S(=O)CC2CCCO2)c1. The first kappa shape index (κ1) is 11.9. The zero-order chi connectivity index (χ0) is 11.5. The van der Waals surface area contributed by atoms with Gasteiger partial charge in [-0.2, -0.15) is 0 Å². The van der Waals surface area contributed by atoms with E-state index in [1.165, 1.54) is 0 Å². The molecule has 88 valence electrons. The second-order valence-corrected chi connectivity index (χ2v) is 5.71. The van der Waals surface area contributed by atoms with Crippen LogP contribution >= 0.6 is 11.6 Å². The van der Waals surface area contributed by atoms with Gasteiger partial charge in [0, 0.05) is 12.3 Å². The highest BCUT2D eigenvalue weighted by Gasteiger charge is 2.20. The molecule has 0 aliphatic carbocycles. The van der Waals surface area contributed by atoms with E-state index in [0.29, 0.717) is 21.4 Å². The number of hydrogen-bond donors (Lipinski definition) is 1. The second-order valence-electron chi connectivity index (χ2n) is 3.84. The van der Waals surface area contributed by atoms with Gasteiger partial charge in [-0.15, -0.1) is 0 Å². The minimum atomic E-state index is -1.13. The Kier molecular flexibility index (Phi) is 3.84. The maximum atomic E-state index is 12.1. The summed E-state index contributed by atoms with van der Waals surface area (Å²) in [5, 5.41) is 0.505. The Morgan fingerprint density at radius 1 is 1.56 bits per heavy atom. The van der Waals surface area contributed by atoms with Crippen molar-refractivity contribution in [2.24, 2.45) is 0 Å². The highest BCUT2D eigenvalue weighted by Crippen LogP contribution is 2.24. The number of anilines is 1. The summed E-state index contributed by atoms with van der Waals surface area (Å²) >= 11 is 5.99. The highest BCUT2D eigenvalue weighted by molar-refractivity contribution is 7.85. The lowest BCUT2D eigenvalue weighted by Crippen LogP contribution is -2.16. The number of rotatable bonds is 3. The molecule has 1 aromatic rings. The molecule has 0 radical (unpaired) electrons. The fraction of sp³-hybridized carbons (Fsp3) is 0.455. The van der Waals surface area contributed by atoms with E-state index in [-0.39, 0.29) is 6.10 Å². The summed E-state index contributed by atoms with van der Waals surface area (Å²) in [5.41, 5.74) is 6.23. The van der Waals surface area contributed by atoms with Crippen LogP contribution < -0.4 is 5.73 Å². The van der Waals surface area contributed by atoms with Crippen molar-refractivity contribution in [3.05, 3.63) is 23.2 Å². The van der Waals surface area contributed by atoms with Gasteiger partial charge in [0.2, 0.25) is 0 Å². The van der Waals surface area contributed by atoms with Crippen LogP contribution in [-0.4, -0.2) is 22.7 Å². The fourth-order valence-corrected chi connectivity index (χ4v) is 3.44.